The number of carboxylic acid groups (broad SMARTS) is 1. The van der Waals surface area contributed by atoms with Crippen LogP contribution in [0.15, 0.2) is 45.9 Å². The fraction of sp³-hybridized carbons (Fsp3) is 0.125. The average Bonchev–Trinajstić information content (AvgIpc) is 2.49. The van der Waals surface area contributed by atoms with Crippen LogP contribution in [-0.2, 0) is 11.2 Å². The molecule has 1 unspecified atom stereocenters. The van der Waals surface area contributed by atoms with Crippen LogP contribution in [0.2, 0.25) is 0 Å². The zero-order valence-electron chi connectivity index (χ0n) is 11.8. The third-order valence-corrected chi connectivity index (χ3v) is 3.59. The predicted octanol–water partition coefficient (Wildman–Crippen LogP) is 2.68. The summed E-state index contributed by atoms with van der Waals surface area (Å²) in [5.74, 6) is -1.72. The van der Waals surface area contributed by atoms with Gasteiger partial charge in [0.2, 0.25) is 0 Å². The number of aliphatic carboxylic acids is 1. The molecule has 0 saturated heterocycles. The summed E-state index contributed by atoms with van der Waals surface area (Å²) < 4.78 is 0.527. The molecule has 0 aliphatic carbocycles. The lowest BCUT2D eigenvalue weighted by Gasteiger charge is -2.08. The standard InChI is InChI=1S/C16H14BrNO5/c17-11-6-10(15(21)14(20)7-11)8-18-13(16(22)23)5-9-1-3-12(19)4-2-9/h1-4,6-8,13,19-21H,5H2,(H,22,23). The number of halogens is 1. The van der Waals surface area contributed by atoms with Crippen molar-refractivity contribution in [2.75, 3.05) is 0 Å². The summed E-state index contributed by atoms with van der Waals surface area (Å²) >= 11 is 3.17. The van der Waals surface area contributed by atoms with Gasteiger partial charge in [-0.2, -0.15) is 0 Å². The summed E-state index contributed by atoms with van der Waals surface area (Å²) in [6.07, 6.45) is 1.34. The molecule has 0 amide bonds. The summed E-state index contributed by atoms with van der Waals surface area (Å²) in [4.78, 5) is 15.3. The van der Waals surface area contributed by atoms with Gasteiger partial charge in [-0.1, -0.05) is 28.1 Å². The van der Waals surface area contributed by atoms with Gasteiger partial charge in [0.1, 0.15) is 5.75 Å². The quantitative estimate of drug-likeness (QED) is 0.471. The second-order valence-electron chi connectivity index (χ2n) is 4.87. The number of carboxylic acids is 1. The molecule has 4 N–H and O–H groups in total. The normalized spacial score (nSPS) is 12.4. The molecule has 120 valence electrons. The van der Waals surface area contributed by atoms with Gasteiger partial charge >= 0.3 is 5.97 Å². The smallest absolute Gasteiger partial charge is 0.328 e. The Labute approximate surface area is 140 Å². The number of phenolic OH excluding ortho intramolecular Hbond substituents is 3. The molecule has 1 atom stereocenters. The summed E-state index contributed by atoms with van der Waals surface area (Å²) in [6, 6.07) is 7.94. The highest BCUT2D eigenvalue weighted by Gasteiger charge is 2.16. The molecule has 23 heavy (non-hydrogen) atoms. The fourth-order valence-electron chi connectivity index (χ4n) is 1.93. The number of nitrogens with zero attached hydrogens (tertiary/aromatic N) is 1. The van der Waals surface area contributed by atoms with Crippen LogP contribution in [0.5, 0.6) is 17.2 Å². The van der Waals surface area contributed by atoms with Gasteiger partial charge in [0.15, 0.2) is 17.5 Å². The third kappa shape index (κ3) is 4.46. The Balaban J connectivity index is 2.22. The number of phenols is 3. The first-order valence-electron chi connectivity index (χ1n) is 6.62. The zero-order chi connectivity index (χ0) is 17.0. The van der Waals surface area contributed by atoms with Gasteiger partial charge in [-0.15, -0.1) is 0 Å². The van der Waals surface area contributed by atoms with E-state index in [2.05, 4.69) is 20.9 Å². The van der Waals surface area contributed by atoms with Crippen molar-refractivity contribution in [1.29, 1.82) is 0 Å². The predicted molar refractivity (Wildman–Crippen MR) is 88.3 cm³/mol. The van der Waals surface area contributed by atoms with E-state index in [-0.39, 0.29) is 29.2 Å². The van der Waals surface area contributed by atoms with Gasteiger partial charge in [0, 0.05) is 22.7 Å². The molecule has 2 aromatic carbocycles. The van der Waals surface area contributed by atoms with Crippen LogP contribution in [0.25, 0.3) is 0 Å². The molecular formula is C16H14BrNO5. The van der Waals surface area contributed by atoms with Crippen molar-refractivity contribution in [2.24, 2.45) is 4.99 Å². The number of hydrogen-bond donors (Lipinski definition) is 4. The molecule has 2 rings (SSSR count). The Kier molecular flexibility index (Phi) is 5.23. The maximum absolute atomic E-state index is 11.3. The Hall–Kier alpha value is -2.54. The van der Waals surface area contributed by atoms with E-state index in [1.807, 2.05) is 0 Å². The molecule has 6 nitrogen and oxygen atoms in total. The highest BCUT2D eigenvalue weighted by Crippen LogP contribution is 2.31. The van der Waals surface area contributed by atoms with E-state index < -0.39 is 12.0 Å². The van der Waals surface area contributed by atoms with E-state index in [1.54, 1.807) is 12.1 Å². The topological polar surface area (TPSA) is 110 Å². The maximum atomic E-state index is 11.3. The molecular weight excluding hydrogens is 366 g/mol. The van der Waals surface area contributed by atoms with Crippen molar-refractivity contribution in [2.45, 2.75) is 12.5 Å². The largest absolute Gasteiger partial charge is 0.508 e. The van der Waals surface area contributed by atoms with Gasteiger partial charge < -0.3 is 20.4 Å². The number of aromatic hydroxyl groups is 3. The molecule has 0 spiro atoms. The molecule has 0 radical (unpaired) electrons. The number of benzene rings is 2. The number of hydrogen-bond acceptors (Lipinski definition) is 5. The Bertz CT molecular complexity index is 743. The monoisotopic (exact) mass is 379 g/mol. The van der Waals surface area contributed by atoms with E-state index in [4.69, 9.17) is 0 Å². The van der Waals surface area contributed by atoms with Crippen LogP contribution >= 0.6 is 15.9 Å². The molecule has 0 saturated carbocycles. The van der Waals surface area contributed by atoms with E-state index in [9.17, 15) is 25.2 Å². The first-order chi connectivity index (χ1) is 10.9. The van der Waals surface area contributed by atoms with Crippen molar-refractivity contribution in [3.63, 3.8) is 0 Å². The van der Waals surface area contributed by atoms with Crippen LogP contribution in [0.3, 0.4) is 0 Å². The van der Waals surface area contributed by atoms with E-state index in [1.165, 1.54) is 30.5 Å². The van der Waals surface area contributed by atoms with Crippen molar-refractivity contribution in [3.8, 4) is 17.2 Å². The van der Waals surface area contributed by atoms with Crippen molar-refractivity contribution in [3.05, 3.63) is 52.0 Å². The highest BCUT2D eigenvalue weighted by molar-refractivity contribution is 9.10. The van der Waals surface area contributed by atoms with Gasteiger partial charge in [-0.3, -0.25) is 4.99 Å². The minimum Gasteiger partial charge on any atom is -0.508 e. The Morgan fingerprint density at radius 2 is 1.83 bits per heavy atom. The summed E-state index contributed by atoms with van der Waals surface area (Å²) in [6.45, 7) is 0. The second-order valence-corrected chi connectivity index (χ2v) is 5.78. The molecule has 0 aromatic heterocycles. The Morgan fingerprint density at radius 3 is 2.43 bits per heavy atom. The van der Waals surface area contributed by atoms with Crippen molar-refractivity contribution < 1.29 is 25.2 Å². The third-order valence-electron chi connectivity index (χ3n) is 3.13. The van der Waals surface area contributed by atoms with Crippen LogP contribution in [0, 0.1) is 0 Å². The molecule has 0 fully saturated rings. The number of aliphatic imine (C=N–C) groups is 1. The van der Waals surface area contributed by atoms with Crippen LogP contribution < -0.4 is 0 Å². The van der Waals surface area contributed by atoms with Gasteiger partial charge in [0.25, 0.3) is 0 Å². The molecule has 0 aliphatic heterocycles. The van der Waals surface area contributed by atoms with Gasteiger partial charge in [0.05, 0.1) is 0 Å². The Morgan fingerprint density at radius 1 is 1.17 bits per heavy atom. The van der Waals surface area contributed by atoms with Gasteiger partial charge in [-0.05, 0) is 29.8 Å². The zero-order valence-corrected chi connectivity index (χ0v) is 13.4. The molecule has 0 bridgehead atoms. The van der Waals surface area contributed by atoms with Crippen molar-refractivity contribution >= 4 is 28.1 Å². The lowest BCUT2D eigenvalue weighted by molar-refractivity contribution is -0.138. The maximum Gasteiger partial charge on any atom is 0.328 e. The number of rotatable bonds is 5. The van der Waals surface area contributed by atoms with Crippen LogP contribution in [0.4, 0.5) is 0 Å². The number of carbonyl (C=O) groups is 1. The summed E-state index contributed by atoms with van der Waals surface area (Å²) in [5.41, 5.74) is 0.905. The molecule has 0 heterocycles. The molecule has 7 heteroatoms. The van der Waals surface area contributed by atoms with Crippen molar-refractivity contribution in [1.82, 2.24) is 0 Å². The minimum atomic E-state index is -1.12. The van der Waals surface area contributed by atoms with E-state index in [0.29, 0.717) is 10.0 Å². The van der Waals surface area contributed by atoms with E-state index >= 15 is 0 Å². The van der Waals surface area contributed by atoms with Crippen LogP contribution in [0.1, 0.15) is 11.1 Å². The molecule has 0 aliphatic rings. The fourth-order valence-corrected chi connectivity index (χ4v) is 2.40. The minimum absolute atomic E-state index is 0.0960. The summed E-state index contributed by atoms with van der Waals surface area (Å²) in [7, 11) is 0. The van der Waals surface area contributed by atoms with E-state index in [0.717, 1.165) is 0 Å². The SMILES string of the molecule is O=C(O)C(Cc1ccc(O)cc1)N=Cc1cc(Br)cc(O)c1O. The first kappa shape index (κ1) is 16.8. The average molecular weight is 380 g/mol. The molecule has 2 aromatic rings. The first-order valence-corrected chi connectivity index (χ1v) is 7.41. The lowest BCUT2D eigenvalue weighted by atomic mass is 10.1. The second kappa shape index (κ2) is 7.15. The summed E-state index contributed by atoms with van der Waals surface area (Å²) in [5, 5.41) is 37.8. The van der Waals surface area contributed by atoms with Gasteiger partial charge in [-0.25, -0.2) is 4.79 Å². The van der Waals surface area contributed by atoms with Crippen LogP contribution in [-0.4, -0.2) is 38.7 Å². The highest BCUT2D eigenvalue weighted by atomic mass is 79.9. The lowest BCUT2D eigenvalue weighted by Crippen LogP contribution is -2.20.